The molecule has 0 fully saturated rings. The molecule has 0 bridgehead atoms. The van der Waals surface area contributed by atoms with E-state index in [-0.39, 0.29) is 29.1 Å². The van der Waals surface area contributed by atoms with E-state index in [4.69, 9.17) is 9.05 Å². The van der Waals surface area contributed by atoms with Crippen molar-refractivity contribution in [3.63, 3.8) is 0 Å². The normalized spacial score (nSPS) is 13.0. The first-order valence-corrected chi connectivity index (χ1v) is 11.3. The van der Waals surface area contributed by atoms with Crippen LogP contribution in [0.2, 0.25) is 0 Å². The standard InChI is InChI=1S/C18H21FNO5PS/c1-4-24-26(21,25-5-2)18(15-8-10-16(19)11-9-15)20-27(22,23)17-12-6-14(3)7-13-17/h6-13H,4-5H2,1-3H3. The average Bonchev–Trinajstić information content (AvgIpc) is 2.61. The van der Waals surface area contributed by atoms with Gasteiger partial charge in [-0.25, -0.2) is 4.39 Å². The molecule has 0 radical (unpaired) electrons. The molecule has 0 saturated heterocycles. The van der Waals surface area contributed by atoms with Gasteiger partial charge in [-0.2, -0.15) is 12.8 Å². The van der Waals surface area contributed by atoms with Gasteiger partial charge in [-0.05, 0) is 57.2 Å². The van der Waals surface area contributed by atoms with Crippen LogP contribution in [0.25, 0.3) is 0 Å². The van der Waals surface area contributed by atoms with Gasteiger partial charge in [-0.3, -0.25) is 4.57 Å². The Morgan fingerprint density at radius 3 is 2.00 bits per heavy atom. The smallest absolute Gasteiger partial charge is 0.304 e. The summed E-state index contributed by atoms with van der Waals surface area (Å²) in [6.45, 7) is 5.05. The number of hydrogen-bond donors (Lipinski definition) is 0. The molecule has 0 unspecified atom stereocenters. The van der Waals surface area contributed by atoms with Crippen LogP contribution < -0.4 is 0 Å². The van der Waals surface area contributed by atoms with Crippen LogP contribution in [0.3, 0.4) is 0 Å². The lowest BCUT2D eigenvalue weighted by molar-refractivity contribution is 0.232. The number of halogens is 1. The maximum atomic E-state index is 13.3. The van der Waals surface area contributed by atoms with Crippen molar-refractivity contribution in [3.05, 3.63) is 65.5 Å². The first kappa shape index (κ1) is 21.4. The van der Waals surface area contributed by atoms with Gasteiger partial charge in [0, 0.05) is 5.56 Å². The fourth-order valence-electron chi connectivity index (χ4n) is 2.24. The summed E-state index contributed by atoms with van der Waals surface area (Å²) in [4.78, 5) is -0.0627. The molecule has 6 nitrogen and oxygen atoms in total. The van der Waals surface area contributed by atoms with E-state index in [1.165, 1.54) is 24.3 Å². The van der Waals surface area contributed by atoms with Crippen molar-refractivity contribution in [2.24, 2.45) is 4.40 Å². The molecular weight excluding hydrogens is 392 g/mol. The van der Waals surface area contributed by atoms with Gasteiger partial charge in [0.1, 0.15) is 5.82 Å². The largest absolute Gasteiger partial charge is 0.381 e. The van der Waals surface area contributed by atoms with Gasteiger partial charge >= 0.3 is 7.60 Å². The van der Waals surface area contributed by atoms with E-state index in [1.807, 2.05) is 6.92 Å². The minimum Gasteiger partial charge on any atom is -0.304 e. The summed E-state index contributed by atoms with van der Waals surface area (Å²) in [5.41, 5.74) is 0.634. The zero-order chi connectivity index (χ0) is 20.1. The summed E-state index contributed by atoms with van der Waals surface area (Å²) >= 11 is 0. The van der Waals surface area contributed by atoms with Crippen LogP contribution in [-0.4, -0.2) is 27.1 Å². The SMILES string of the molecule is CCOP(=O)(OCC)C(=NS(=O)(=O)c1ccc(C)cc1)c1ccc(F)cc1. The monoisotopic (exact) mass is 413 g/mol. The van der Waals surface area contributed by atoms with Crippen LogP contribution in [0.4, 0.5) is 4.39 Å². The maximum absolute atomic E-state index is 13.3. The molecule has 0 aliphatic rings. The lowest BCUT2D eigenvalue weighted by Crippen LogP contribution is -2.12. The van der Waals surface area contributed by atoms with Gasteiger partial charge in [0.15, 0.2) is 5.45 Å². The predicted molar refractivity (Wildman–Crippen MR) is 102 cm³/mol. The van der Waals surface area contributed by atoms with Crippen LogP contribution in [0.1, 0.15) is 25.0 Å². The number of hydrogen-bond acceptors (Lipinski definition) is 5. The van der Waals surface area contributed by atoms with Crippen LogP contribution in [0, 0.1) is 12.7 Å². The third kappa shape index (κ3) is 5.32. The third-order valence-electron chi connectivity index (χ3n) is 3.49. The molecule has 0 N–H and O–H groups in total. The van der Waals surface area contributed by atoms with E-state index in [9.17, 15) is 17.4 Å². The third-order valence-corrected chi connectivity index (χ3v) is 6.98. The molecule has 0 heterocycles. The number of aryl methyl sites for hydroxylation is 1. The van der Waals surface area contributed by atoms with E-state index in [0.29, 0.717) is 0 Å². The first-order chi connectivity index (χ1) is 12.7. The van der Waals surface area contributed by atoms with Crippen LogP contribution >= 0.6 is 7.60 Å². The fraction of sp³-hybridized carbons (Fsp3) is 0.278. The number of sulfonamides is 1. The Hall–Kier alpha value is -1.86. The average molecular weight is 413 g/mol. The quantitative estimate of drug-likeness (QED) is 0.469. The minimum atomic E-state index is -4.19. The Bertz CT molecular complexity index is 946. The lowest BCUT2D eigenvalue weighted by atomic mass is 10.2. The molecular formula is C18H21FNO5PS. The second-order valence-corrected chi connectivity index (χ2v) is 9.08. The number of rotatable bonds is 8. The van der Waals surface area contributed by atoms with Crippen LogP contribution in [-0.2, 0) is 23.6 Å². The van der Waals surface area contributed by atoms with Gasteiger partial charge in [-0.1, -0.05) is 17.7 Å². The summed E-state index contributed by atoms with van der Waals surface area (Å²) in [7, 11) is -8.24. The topological polar surface area (TPSA) is 82.0 Å². The Kier molecular flexibility index (Phi) is 7.06. The molecule has 9 heteroatoms. The van der Waals surface area contributed by atoms with Crippen molar-refractivity contribution in [2.75, 3.05) is 13.2 Å². The summed E-state index contributed by atoms with van der Waals surface area (Å²) in [5.74, 6) is -0.526. The van der Waals surface area contributed by atoms with Gasteiger partial charge in [0.05, 0.1) is 18.1 Å². The summed E-state index contributed by atoms with van der Waals surface area (Å²) < 4.78 is 66.3. The zero-order valence-corrected chi connectivity index (χ0v) is 17.0. The van der Waals surface area contributed by atoms with Crippen molar-refractivity contribution in [3.8, 4) is 0 Å². The van der Waals surface area contributed by atoms with Crippen molar-refractivity contribution < 1.29 is 26.4 Å². The molecule has 0 atom stereocenters. The fourth-order valence-corrected chi connectivity index (χ4v) is 5.34. The summed E-state index contributed by atoms with van der Waals surface area (Å²) in [6.07, 6.45) is 0. The van der Waals surface area contributed by atoms with Gasteiger partial charge in [0.25, 0.3) is 10.0 Å². The highest BCUT2D eigenvalue weighted by atomic mass is 32.2. The van der Waals surface area contributed by atoms with E-state index in [0.717, 1.165) is 17.7 Å². The first-order valence-electron chi connectivity index (χ1n) is 8.29. The van der Waals surface area contributed by atoms with E-state index in [1.54, 1.807) is 26.0 Å². The van der Waals surface area contributed by atoms with Crippen molar-refractivity contribution in [2.45, 2.75) is 25.7 Å². The second kappa shape index (κ2) is 8.89. The Labute approximate surface area is 158 Å². The molecule has 2 aromatic rings. The number of nitrogens with zero attached hydrogens (tertiary/aromatic N) is 1. The van der Waals surface area contributed by atoms with Crippen molar-refractivity contribution in [1.82, 2.24) is 0 Å². The Morgan fingerprint density at radius 2 is 1.52 bits per heavy atom. The molecule has 0 aliphatic carbocycles. The molecule has 2 rings (SSSR count). The van der Waals surface area contributed by atoms with Gasteiger partial charge in [0.2, 0.25) is 0 Å². The molecule has 2 aromatic carbocycles. The van der Waals surface area contributed by atoms with E-state index < -0.39 is 23.4 Å². The molecule has 0 aliphatic heterocycles. The van der Waals surface area contributed by atoms with E-state index in [2.05, 4.69) is 4.40 Å². The summed E-state index contributed by atoms with van der Waals surface area (Å²) in [6, 6.07) is 10.9. The Balaban J connectivity index is 2.67. The highest BCUT2D eigenvalue weighted by Gasteiger charge is 2.35. The van der Waals surface area contributed by atoms with Gasteiger partial charge < -0.3 is 9.05 Å². The molecule has 146 valence electrons. The molecule has 27 heavy (non-hydrogen) atoms. The van der Waals surface area contributed by atoms with Crippen molar-refractivity contribution >= 4 is 23.1 Å². The molecule has 0 aromatic heterocycles. The predicted octanol–water partition coefficient (Wildman–Crippen LogP) is 4.54. The maximum Gasteiger partial charge on any atom is 0.381 e. The van der Waals surface area contributed by atoms with E-state index >= 15 is 0 Å². The minimum absolute atomic E-state index is 0.0159. The number of benzene rings is 2. The second-order valence-electron chi connectivity index (χ2n) is 5.54. The highest BCUT2D eigenvalue weighted by Crippen LogP contribution is 2.52. The summed E-state index contributed by atoms with van der Waals surface area (Å²) in [5, 5.41) is 0. The van der Waals surface area contributed by atoms with Crippen LogP contribution in [0.5, 0.6) is 0 Å². The van der Waals surface area contributed by atoms with Crippen LogP contribution in [0.15, 0.2) is 57.8 Å². The van der Waals surface area contributed by atoms with Crippen molar-refractivity contribution in [1.29, 1.82) is 0 Å². The van der Waals surface area contributed by atoms with Gasteiger partial charge in [-0.15, -0.1) is 0 Å². The molecule has 0 saturated carbocycles. The molecule has 0 spiro atoms. The zero-order valence-electron chi connectivity index (χ0n) is 15.3. The lowest BCUT2D eigenvalue weighted by Gasteiger charge is -2.19. The molecule has 0 amide bonds. The highest BCUT2D eigenvalue weighted by molar-refractivity contribution is 7.91. The Morgan fingerprint density at radius 1 is 1.00 bits per heavy atom.